The third kappa shape index (κ3) is 6.13. The van der Waals surface area contributed by atoms with Crippen LogP contribution in [0, 0.1) is 13.8 Å². The van der Waals surface area contributed by atoms with Crippen LogP contribution in [0.4, 0.5) is 5.69 Å². The highest BCUT2D eigenvalue weighted by Crippen LogP contribution is 2.19. The van der Waals surface area contributed by atoms with E-state index in [1.54, 1.807) is 32.0 Å². The Morgan fingerprint density at radius 3 is 2.38 bits per heavy atom. The van der Waals surface area contributed by atoms with Crippen molar-refractivity contribution >= 4 is 21.6 Å². The van der Waals surface area contributed by atoms with Gasteiger partial charge in [-0.2, -0.15) is 4.31 Å². The molecule has 158 valence electrons. The van der Waals surface area contributed by atoms with Crippen LogP contribution < -0.4 is 10.2 Å². The lowest BCUT2D eigenvalue weighted by Gasteiger charge is -2.19. The van der Waals surface area contributed by atoms with Gasteiger partial charge in [0.2, 0.25) is 10.0 Å². The van der Waals surface area contributed by atoms with E-state index in [0.717, 1.165) is 11.4 Å². The van der Waals surface area contributed by atoms with Gasteiger partial charge in [0, 0.05) is 24.3 Å². The molecule has 6 nitrogen and oxygen atoms in total. The standard InChI is InChI=1S/C22H31N3O3S/c1-6-25(7-2)29(27,28)21-10-8-9-20(14-21)23-22(26)16-24(5)15-19-12-11-17(3)13-18(19)4/h8-14H,6-7,15-16H2,1-5H3,(H,23,26)/p+1. The van der Waals surface area contributed by atoms with Crippen LogP contribution in [0.15, 0.2) is 47.4 Å². The Morgan fingerprint density at radius 2 is 1.76 bits per heavy atom. The summed E-state index contributed by atoms with van der Waals surface area (Å²) >= 11 is 0. The molecule has 1 atom stereocenters. The summed E-state index contributed by atoms with van der Waals surface area (Å²) in [6.45, 7) is 9.61. The molecule has 0 saturated heterocycles. The molecule has 0 radical (unpaired) electrons. The van der Waals surface area contributed by atoms with Gasteiger partial charge in [0.05, 0.1) is 11.9 Å². The lowest BCUT2D eigenvalue weighted by molar-refractivity contribution is -0.885. The van der Waals surface area contributed by atoms with Crippen LogP contribution in [0.3, 0.4) is 0 Å². The topological polar surface area (TPSA) is 70.9 Å². The average molecular weight is 419 g/mol. The van der Waals surface area contributed by atoms with Gasteiger partial charge >= 0.3 is 0 Å². The minimum absolute atomic E-state index is 0.148. The number of carbonyl (C=O) groups excluding carboxylic acids is 1. The second kappa shape index (κ2) is 10.0. The Kier molecular flexibility index (Phi) is 7.96. The lowest BCUT2D eigenvalue weighted by Crippen LogP contribution is -3.08. The van der Waals surface area contributed by atoms with Gasteiger partial charge in [-0.05, 0) is 37.6 Å². The fourth-order valence-corrected chi connectivity index (χ4v) is 4.86. The SMILES string of the molecule is CCN(CC)S(=O)(=O)c1cccc(NC(=O)C[NH+](C)Cc2ccc(C)cc2C)c1. The zero-order valence-electron chi connectivity index (χ0n) is 18.0. The Hall–Kier alpha value is -2.22. The number of amides is 1. The maximum absolute atomic E-state index is 12.7. The first-order chi connectivity index (χ1) is 13.7. The summed E-state index contributed by atoms with van der Waals surface area (Å²) in [5, 5.41) is 2.83. The first-order valence-corrected chi connectivity index (χ1v) is 11.4. The zero-order valence-corrected chi connectivity index (χ0v) is 18.8. The van der Waals surface area contributed by atoms with E-state index in [4.69, 9.17) is 0 Å². The Balaban J connectivity index is 2.03. The molecular formula is C22H32N3O3S+. The molecule has 2 N–H and O–H groups in total. The highest BCUT2D eigenvalue weighted by Gasteiger charge is 2.22. The molecule has 0 spiro atoms. The molecule has 7 heteroatoms. The second-order valence-electron chi connectivity index (χ2n) is 7.41. The van der Waals surface area contributed by atoms with E-state index in [2.05, 4.69) is 37.4 Å². The molecule has 29 heavy (non-hydrogen) atoms. The van der Waals surface area contributed by atoms with Crippen molar-refractivity contribution in [3.63, 3.8) is 0 Å². The molecule has 0 aliphatic rings. The van der Waals surface area contributed by atoms with E-state index in [-0.39, 0.29) is 10.8 Å². The number of nitrogens with zero attached hydrogens (tertiary/aromatic N) is 1. The highest BCUT2D eigenvalue weighted by atomic mass is 32.2. The van der Waals surface area contributed by atoms with Crippen molar-refractivity contribution in [2.75, 3.05) is 32.0 Å². The van der Waals surface area contributed by atoms with Gasteiger partial charge in [0.25, 0.3) is 5.91 Å². The van der Waals surface area contributed by atoms with Crippen molar-refractivity contribution in [1.29, 1.82) is 0 Å². The number of anilines is 1. The second-order valence-corrected chi connectivity index (χ2v) is 9.34. The minimum Gasteiger partial charge on any atom is -0.326 e. The van der Waals surface area contributed by atoms with Gasteiger partial charge in [0.1, 0.15) is 6.54 Å². The quantitative estimate of drug-likeness (QED) is 0.654. The Morgan fingerprint density at radius 1 is 1.07 bits per heavy atom. The van der Waals surface area contributed by atoms with E-state index in [0.29, 0.717) is 25.3 Å². The van der Waals surface area contributed by atoms with Crippen LogP contribution in [0.2, 0.25) is 0 Å². The van der Waals surface area contributed by atoms with Crippen molar-refractivity contribution in [3.8, 4) is 0 Å². The Labute approximate surface area is 174 Å². The number of likely N-dealkylation sites (N-methyl/N-ethyl adjacent to an activating group) is 1. The molecule has 2 rings (SSSR count). The summed E-state index contributed by atoms with van der Waals surface area (Å²) in [6, 6.07) is 12.8. The number of aryl methyl sites for hydroxylation is 2. The molecular weight excluding hydrogens is 386 g/mol. The van der Waals surface area contributed by atoms with Crippen molar-refractivity contribution < 1.29 is 18.1 Å². The number of benzene rings is 2. The highest BCUT2D eigenvalue weighted by molar-refractivity contribution is 7.89. The van der Waals surface area contributed by atoms with Crippen molar-refractivity contribution in [2.45, 2.75) is 39.1 Å². The number of sulfonamides is 1. The van der Waals surface area contributed by atoms with Gasteiger partial charge in [-0.3, -0.25) is 4.79 Å². The van der Waals surface area contributed by atoms with E-state index in [9.17, 15) is 13.2 Å². The maximum atomic E-state index is 12.7. The molecule has 0 heterocycles. The van der Waals surface area contributed by atoms with Gasteiger partial charge in [-0.15, -0.1) is 0 Å². The molecule has 0 aromatic heterocycles. The number of hydrogen-bond donors (Lipinski definition) is 2. The van der Waals surface area contributed by atoms with Gasteiger partial charge < -0.3 is 10.2 Å². The maximum Gasteiger partial charge on any atom is 0.279 e. The number of nitrogens with one attached hydrogen (secondary N) is 2. The number of hydrogen-bond acceptors (Lipinski definition) is 3. The molecule has 0 fully saturated rings. The summed E-state index contributed by atoms with van der Waals surface area (Å²) in [5.74, 6) is -0.148. The van der Waals surface area contributed by atoms with Crippen molar-refractivity contribution in [2.24, 2.45) is 0 Å². The molecule has 0 bridgehead atoms. The van der Waals surface area contributed by atoms with Crippen LogP contribution >= 0.6 is 0 Å². The van der Waals surface area contributed by atoms with Crippen molar-refractivity contribution in [3.05, 3.63) is 59.2 Å². The predicted octanol–water partition coefficient (Wildman–Crippen LogP) is 1.99. The number of quaternary nitrogens is 1. The first-order valence-electron chi connectivity index (χ1n) is 9.94. The van der Waals surface area contributed by atoms with Crippen LogP contribution in [-0.4, -0.2) is 45.3 Å². The molecule has 0 saturated carbocycles. The smallest absolute Gasteiger partial charge is 0.279 e. The third-order valence-electron chi connectivity index (χ3n) is 4.91. The minimum atomic E-state index is -3.55. The molecule has 0 aliphatic heterocycles. The molecule has 2 aromatic rings. The summed E-state index contributed by atoms with van der Waals surface area (Å²) in [6.07, 6.45) is 0. The summed E-state index contributed by atoms with van der Waals surface area (Å²) < 4.78 is 26.8. The summed E-state index contributed by atoms with van der Waals surface area (Å²) in [7, 11) is -1.58. The fourth-order valence-electron chi connectivity index (χ4n) is 3.36. The van der Waals surface area contributed by atoms with Crippen LogP contribution in [0.5, 0.6) is 0 Å². The lowest BCUT2D eigenvalue weighted by atomic mass is 10.1. The number of carbonyl (C=O) groups is 1. The van der Waals surface area contributed by atoms with Crippen LogP contribution in [0.1, 0.15) is 30.5 Å². The predicted molar refractivity (Wildman–Crippen MR) is 117 cm³/mol. The van der Waals surface area contributed by atoms with Gasteiger partial charge in [-0.25, -0.2) is 8.42 Å². The summed E-state index contributed by atoms with van der Waals surface area (Å²) in [4.78, 5) is 13.7. The third-order valence-corrected chi connectivity index (χ3v) is 6.96. The van der Waals surface area contributed by atoms with Crippen molar-refractivity contribution in [1.82, 2.24) is 4.31 Å². The van der Waals surface area contributed by atoms with E-state index >= 15 is 0 Å². The molecule has 1 unspecified atom stereocenters. The zero-order chi connectivity index (χ0) is 21.6. The average Bonchev–Trinajstić information content (AvgIpc) is 2.65. The monoisotopic (exact) mass is 418 g/mol. The first kappa shape index (κ1) is 23.1. The van der Waals surface area contributed by atoms with E-state index in [1.807, 2.05) is 7.05 Å². The van der Waals surface area contributed by atoms with E-state index in [1.165, 1.54) is 27.1 Å². The molecule has 0 aliphatic carbocycles. The largest absolute Gasteiger partial charge is 0.326 e. The van der Waals surface area contributed by atoms with Crippen LogP contribution in [0.25, 0.3) is 0 Å². The fraction of sp³-hybridized carbons (Fsp3) is 0.409. The van der Waals surface area contributed by atoms with Gasteiger partial charge in [0.15, 0.2) is 6.54 Å². The molecule has 2 aromatic carbocycles. The molecule has 1 amide bonds. The Bertz CT molecular complexity index is 954. The van der Waals surface area contributed by atoms with Gasteiger partial charge in [-0.1, -0.05) is 43.7 Å². The van der Waals surface area contributed by atoms with E-state index < -0.39 is 10.0 Å². The van der Waals surface area contributed by atoms with Crippen LogP contribution in [-0.2, 0) is 21.4 Å². The number of rotatable bonds is 9. The summed E-state index contributed by atoms with van der Waals surface area (Å²) in [5.41, 5.74) is 4.15. The normalized spacial score (nSPS) is 12.8.